The summed E-state index contributed by atoms with van der Waals surface area (Å²) in [6, 6.07) is 0.382. The van der Waals surface area contributed by atoms with Crippen molar-refractivity contribution in [3.8, 4) is 0 Å². The third-order valence-electron chi connectivity index (χ3n) is 4.42. The predicted octanol–water partition coefficient (Wildman–Crippen LogP) is 0.459. The van der Waals surface area contributed by atoms with Gasteiger partial charge in [0.05, 0.1) is 6.04 Å². The smallest absolute Gasteiger partial charge is 0.318 e. The van der Waals surface area contributed by atoms with E-state index in [0.717, 1.165) is 26.1 Å². The lowest BCUT2D eigenvalue weighted by molar-refractivity contribution is 0.151. The number of urea groups is 1. The third-order valence-corrected chi connectivity index (χ3v) is 4.42. The fourth-order valence-corrected chi connectivity index (χ4v) is 3.14. The van der Waals surface area contributed by atoms with E-state index in [9.17, 15) is 4.79 Å². The fraction of sp³-hybridized carbons (Fsp3) is 0.923. The molecule has 5 heteroatoms. The van der Waals surface area contributed by atoms with Crippen LogP contribution in [-0.4, -0.2) is 60.6 Å². The Balaban J connectivity index is 1.98. The van der Waals surface area contributed by atoms with E-state index in [0.29, 0.717) is 18.5 Å². The van der Waals surface area contributed by atoms with E-state index in [-0.39, 0.29) is 11.6 Å². The van der Waals surface area contributed by atoms with Crippen LogP contribution < -0.4 is 11.1 Å². The summed E-state index contributed by atoms with van der Waals surface area (Å²) in [4.78, 5) is 16.4. The molecule has 0 bridgehead atoms. The Morgan fingerprint density at radius 1 is 1.44 bits per heavy atom. The number of carbonyl (C=O) groups is 1. The van der Waals surface area contributed by atoms with Crippen LogP contribution in [0.1, 0.15) is 26.7 Å². The summed E-state index contributed by atoms with van der Waals surface area (Å²) in [5, 5.41) is 3.15. The minimum atomic E-state index is -0.141. The van der Waals surface area contributed by atoms with Crippen LogP contribution in [0.15, 0.2) is 0 Å². The summed E-state index contributed by atoms with van der Waals surface area (Å²) < 4.78 is 0. The summed E-state index contributed by atoms with van der Waals surface area (Å²) >= 11 is 0. The molecule has 5 nitrogen and oxygen atoms in total. The van der Waals surface area contributed by atoms with Gasteiger partial charge in [-0.25, -0.2) is 4.79 Å². The average molecular weight is 254 g/mol. The SMILES string of the molecule is CN1CCC(C2CN(C(C)(C)CCN)C(=O)N2)C1. The summed E-state index contributed by atoms with van der Waals surface area (Å²) in [6.45, 7) is 7.88. The maximum absolute atomic E-state index is 12.1. The van der Waals surface area contributed by atoms with Crippen molar-refractivity contribution >= 4 is 6.03 Å². The molecule has 2 aliphatic rings. The van der Waals surface area contributed by atoms with Gasteiger partial charge < -0.3 is 20.9 Å². The molecule has 2 saturated heterocycles. The van der Waals surface area contributed by atoms with Crippen LogP contribution >= 0.6 is 0 Å². The Morgan fingerprint density at radius 3 is 2.72 bits per heavy atom. The van der Waals surface area contributed by atoms with E-state index < -0.39 is 0 Å². The zero-order chi connectivity index (χ0) is 13.3. The molecule has 0 aromatic carbocycles. The van der Waals surface area contributed by atoms with Crippen LogP contribution in [0.4, 0.5) is 4.79 Å². The van der Waals surface area contributed by atoms with Gasteiger partial charge in [-0.3, -0.25) is 0 Å². The van der Waals surface area contributed by atoms with Gasteiger partial charge in [-0.2, -0.15) is 0 Å². The number of rotatable bonds is 4. The van der Waals surface area contributed by atoms with Gasteiger partial charge in [0.25, 0.3) is 0 Å². The van der Waals surface area contributed by atoms with Crippen molar-refractivity contribution in [3.63, 3.8) is 0 Å². The molecule has 2 heterocycles. The Kier molecular flexibility index (Phi) is 3.82. The van der Waals surface area contributed by atoms with Gasteiger partial charge in [0, 0.05) is 18.6 Å². The van der Waals surface area contributed by atoms with Crippen molar-refractivity contribution in [1.29, 1.82) is 0 Å². The number of nitrogens with two attached hydrogens (primary N) is 1. The van der Waals surface area contributed by atoms with Crippen molar-refractivity contribution in [1.82, 2.24) is 15.1 Å². The second-order valence-electron chi connectivity index (χ2n) is 6.33. The number of nitrogens with one attached hydrogen (secondary N) is 1. The zero-order valence-electron chi connectivity index (χ0n) is 11.8. The molecule has 0 aromatic rings. The molecule has 0 aromatic heterocycles. The molecule has 104 valence electrons. The van der Waals surface area contributed by atoms with Gasteiger partial charge in [0.1, 0.15) is 0 Å². The highest BCUT2D eigenvalue weighted by Gasteiger charge is 2.41. The van der Waals surface area contributed by atoms with E-state index in [1.807, 2.05) is 4.90 Å². The normalized spacial score (nSPS) is 30.0. The van der Waals surface area contributed by atoms with Crippen LogP contribution in [0.5, 0.6) is 0 Å². The van der Waals surface area contributed by atoms with Gasteiger partial charge >= 0.3 is 6.03 Å². The first-order valence-corrected chi connectivity index (χ1v) is 6.91. The fourth-order valence-electron chi connectivity index (χ4n) is 3.14. The quantitative estimate of drug-likeness (QED) is 0.766. The molecule has 2 fully saturated rings. The summed E-state index contributed by atoms with van der Waals surface area (Å²) in [7, 11) is 2.15. The molecule has 2 unspecified atom stereocenters. The largest absolute Gasteiger partial charge is 0.333 e. The predicted molar refractivity (Wildman–Crippen MR) is 72.4 cm³/mol. The van der Waals surface area contributed by atoms with E-state index in [2.05, 4.69) is 31.1 Å². The molecule has 2 amide bonds. The monoisotopic (exact) mass is 254 g/mol. The van der Waals surface area contributed by atoms with Crippen molar-refractivity contribution in [3.05, 3.63) is 0 Å². The van der Waals surface area contributed by atoms with Crippen LogP contribution in [0.25, 0.3) is 0 Å². The highest BCUT2D eigenvalue weighted by molar-refractivity contribution is 5.77. The van der Waals surface area contributed by atoms with Gasteiger partial charge in [-0.05, 0) is 52.7 Å². The van der Waals surface area contributed by atoms with Gasteiger partial charge in [0.2, 0.25) is 0 Å². The van der Waals surface area contributed by atoms with Crippen molar-refractivity contribution in [2.75, 3.05) is 33.2 Å². The molecular weight excluding hydrogens is 228 g/mol. The molecule has 2 atom stereocenters. The molecule has 18 heavy (non-hydrogen) atoms. The van der Waals surface area contributed by atoms with Gasteiger partial charge in [-0.1, -0.05) is 0 Å². The average Bonchev–Trinajstić information content (AvgIpc) is 2.84. The third kappa shape index (κ3) is 2.62. The lowest BCUT2D eigenvalue weighted by Crippen LogP contribution is -2.47. The first kappa shape index (κ1) is 13.6. The number of amides is 2. The van der Waals surface area contributed by atoms with Crippen LogP contribution in [0, 0.1) is 5.92 Å². The minimum absolute atomic E-state index is 0.0769. The van der Waals surface area contributed by atoms with Crippen molar-refractivity contribution in [2.24, 2.45) is 11.7 Å². The molecule has 2 rings (SSSR count). The molecule has 2 aliphatic heterocycles. The summed E-state index contributed by atoms with van der Waals surface area (Å²) in [5.41, 5.74) is 5.50. The Morgan fingerprint density at radius 2 is 2.17 bits per heavy atom. The van der Waals surface area contributed by atoms with E-state index in [4.69, 9.17) is 5.73 Å². The first-order chi connectivity index (χ1) is 8.44. The van der Waals surface area contributed by atoms with Crippen LogP contribution in [-0.2, 0) is 0 Å². The number of likely N-dealkylation sites (tertiary alicyclic amines) is 1. The Labute approximate surface area is 110 Å². The second-order valence-corrected chi connectivity index (χ2v) is 6.33. The molecular formula is C13H26N4O. The van der Waals surface area contributed by atoms with Crippen LogP contribution in [0.3, 0.4) is 0 Å². The molecule has 0 spiro atoms. The minimum Gasteiger partial charge on any atom is -0.333 e. The van der Waals surface area contributed by atoms with Crippen LogP contribution in [0.2, 0.25) is 0 Å². The first-order valence-electron chi connectivity index (χ1n) is 6.91. The number of hydrogen-bond donors (Lipinski definition) is 2. The lowest BCUT2D eigenvalue weighted by Gasteiger charge is -2.34. The number of hydrogen-bond acceptors (Lipinski definition) is 3. The summed E-state index contributed by atoms with van der Waals surface area (Å²) in [6.07, 6.45) is 2.03. The van der Waals surface area contributed by atoms with Gasteiger partial charge in [0.15, 0.2) is 0 Å². The Hall–Kier alpha value is -0.810. The molecule has 0 radical (unpaired) electrons. The highest BCUT2D eigenvalue weighted by Crippen LogP contribution is 2.27. The highest BCUT2D eigenvalue weighted by atomic mass is 16.2. The molecule has 3 N–H and O–H groups in total. The van der Waals surface area contributed by atoms with Gasteiger partial charge in [-0.15, -0.1) is 0 Å². The number of nitrogens with zero attached hydrogens (tertiary/aromatic N) is 2. The number of carbonyl (C=O) groups excluding carboxylic acids is 1. The lowest BCUT2D eigenvalue weighted by atomic mass is 9.96. The zero-order valence-corrected chi connectivity index (χ0v) is 11.8. The Bertz CT molecular complexity index is 318. The molecule has 0 aliphatic carbocycles. The van der Waals surface area contributed by atoms with E-state index in [1.165, 1.54) is 6.42 Å². The van der Waals surface area contributed by atoms with Crippen molar-refractivity contribution in [2.45, 2.75) is 38.3 Å². The maximum atomic E-state index is 12.1. The second kappa shape index (κ2) is 5.05. The standard InChI is InChI=1S/C13H26N4O/c1-13(2,5-6-14)17-9-11(15-12(17)18)10-4-7-16(3)8-10/h10-11H,4-9,14H2,1-3H3,(H,15,18). The topological polar surface area (TPSA) is 61.6 Å². The van der Waals surface area contributed by atoms with E-state index in [1.54, 1.807) is 0 Å². The maximum Gasteiger partial charge on any atom is 0.318 e. The summed E-state index contributed by atoms with van der Waals surface area (Å²) in [5.74, 6) is 0.595. The molecule has 0 saturated carbocycles. The van der Waals surface area contributed by atoms with Crippen molar-refractivity contribution < 1.29 is 4.79 Å². The van der Waals surface area contributed by atoms with E-state index >= 15 is 0 Å².